The summed E-state index contributed by atoms with van der Waals surface area (Å²) in [4.78, 5) is 21.0. The Morgan fingerprint density at radius 2 is 1.84 bits per heavy atom. The minimum atomic E-state index is -0.861. The normalized spacial score (nSPS) is 15.1. The van der Waals surface area contributed by atoms with Gasteiger partial charge >= 0.3 is 11.9 Å². The van der Waals surface area contributed by atoms with Crippen LogP contribution >= 0.6 is 0 Å². The Morgan fingerprint density at radius 3 is 2.45 bits per heavy atom. The van der Waals surface area contributed by atoms with Crippen molar-refractivity contribution in [1.82, 2.24) is 0 Å². The van der Waals surface area contributed by atoms with Crippen molar-refractivity contribution in [3.63, 3.8) is 0 Å². The van der Waals surface area contributed by atoms with Gasteiger partial charge in [-0.25, -0.2) is 0 Å². The lowest BCUT2D eigenvalue weighted by Crippen LogP contribution is -2.09. The van der Waals surface area contributed by atoms with E-state index in [1.807, 2.05) is 36.4 Å². The lowest BCUT2D eigenvalue weighted by Gasteiger charge is -2.18. The van der Waals surface area contributed by atoms with Crippen LogP contribution < -0.4 is 10.5 Å². The van der Waals surface area contributed by atoms with Crippen LogP contribution in [0.2, 0.25) is 0 Å². The van der Waals surface area contributed by atoms with Gasteiger partial charge < -0.3 is 25.8 Å². The summed E-state index contributed by atoms with van der Waals surface area (Å²) in [5, 5.41) is 26.9. The largest absolute Gasteiger partial charge is 0.489 e. The van der Waals surface area contributed by atoms with Crippen molar-refractivity contribution >= 4 is 17.5 Å². The fourth-order valence-electron chi connectivity index (χ4n) is 4.10. The van der Waals surface area contributed by atoms with E-state index in [4.69, 9.17) is 20.7 Å². The highest BCUT2D eigenvalue weighted by molar-refractivity contribution is 5.69. The molecule has 3 rings (SSSR count). The molecule has 0 aromatic heterocycles. The number of carboxylic acids is 2. The number of ether oxygens (including phenoxy) is 1. The predicted molar refractivity (Wildman–Crippen MR) is 149 cm³/mol. The summed E-state index contributed by atoms with van der Waals surface area (Å²) in [7, 11) is 0. The van der Waals surface area contributed by atoms with Gasteiger partial charge in [0.25, 0.3) is 0 Å². The first-order chi connectivity index (χ1) is 18.3. The third kappa shape index (κ3) is 11.6. The monoisotopic (exact) mass is 521 g/mol. The van der Waals surface area contributed by atoms with E-state index < -0.39 is 11.9 Å². The van der Waals surface area contributed by atoms with E-state index >= 15 is 0 Å². The molecule has 0 bridgehead atoms. The number of aliphatic hydroxyl groups is 1. The Morgan fingerprint density at radius 1 is 1.08 bits per heavy atom. The van der Waals surface area contributed by atoms with E-state index in [0.29, 0.717) is 19.6 Å². The van der Waals surface area contributed by atoms with Gasteiger partial charge in [0.05, 0.1) is 18.4 Å². The Kier molecular flexibility index (Phi) is 13.7. The van der Waals surface area contributed by atoms with Gasteiger partial charge in [-0.1, -0.05) is 48.7 Å². The second kappa shape index (κ2) is 17.0. The number of carbonyl (C=O) groups is 2. The number of benzene rings is 2. The quantitative estimate of drug-likeness (QED) is 0.218. The molecule has 0 saturated heterocycles. The van der Waals surface area contributed by atoms with Crippen LogP contribution in [-0.2, 0) is 16.2 Å². The van der Waals surface area contributed by atoms with Crippen molar-refractivity contribution in [3.05, 3.63) is 71.3 Å². The molecule has 0 aliphatic heterocycles. The fraction of sp³-hybridized carbons (Fsp3) is 0.419. The molecule has 5 N–H and O–H groups in total. The minimum absolute atomic E-state index is 0.0132. The first kappa shape index (κ1) is 30.6. The van der Waals surface area contributed by atoms with Gasteiger partial charge in [0.1, 0.15) is 12.4 Å². The standard InChI is InChI=1S/C25H26O4.C6H13NO2/c1-2-4-21(16-25(27)28)20-9-13-24(14-10-20)29-17-18-5-3-6-22(15-18)19-7-11-23(26)12-8-19;7-5-3-1-2-4-6(8)9/h3,5-7,9-10,13-15,21,23,26H,8,11-12,16-17H2,1H3,(H,27,28);1-5,7H2,(H,8,9). The Hall–Kier alpha value is -3.60. The molecule has 0 spiro atoms. The van der Waals surface area contributed by atoms with Crippen LogP contribution in [0.25, 0.3) is 5.57 Å². The number of hydrogen-bond acceptors (Lipinski definition) is 5. The maximum absolute atomic E-state index is 11.0. The first-order valence-electron chi connectivity index (χ1n) is 13.1. The highest BCUT2D eigenvalue weighted by Gasteiger charge is 2.14. The number of aliphatic hydroxyl groups excluding tert-OH is 1. The number of hydrogen-bond donors (Lipinski definition) is 4. The van der Waals surface area contributed by atoms with Crippen molar-refractivity contribution in [1.29, 1.82) is 0 Å². The topological polar surface area (TPSA) is 130 Å². The molecule has 38 heavy (non-hydrogen) atoms. The SMILES string of the molecule is CC#CC(CC(=O)O)c1ccc(OCc2cccc(C3=CCC(O)CC3)c2)cc1.NCCCCCC(=O)O. The van der Waals surface area contributed by atoms with Crippen molar-refractivity contribution < 1.29 is 29.6 Å². The predicted octanol–water partition coefficient (Wildman–Crippen LogP) is 5.37. The van der Waals surface area contributed by atoms with Gasteiger partial charge in [0.2, 0.25) is 0 Å². The van der Waals surface area contributed by atoms with Gasteiger partial charge in [-0.2, -0.15) is 0 Å². The maximum atomic E-state index is 11.0. The molecular weight excluding hydrogens is 482 g/mol. The Labute approximate surface area is 225 Å². The van der Waals surface area contributed by atoms with Crippen molar-refractivity contribution in [2.24, 2.45) is 5.73 Å². The molecule has 2 atom stereocenters. The average Bonchev–Trinajstić information content (AvgIpc) is 2.91. The van der Waals surface area contributed by atoms with E-state index in [2.05, 4.69) is 30.0 Å². The summed E-state index contributed by atoms with van der Waals surface area (Å²) in [6, 6.07) is 15.8. The molecule has 0 heterocycles. The van der Waals surface area contributed by atoms with Crippen molar-refractivity contribution in [3.8, 4) is 17.6 Å². The molecule has 0 amide bonds. The first-order valence-corrected chi connectivity index (χ1v) is 13.1. The van der Waals surface area contributed by atoms with Crippen LogP contribution in [0.1, 0.15) is 80.9 Å². The van der Waals surface area contributed by atoms with E-state index in [9.17, 15) is 14.7 Å². The highest BCUT2D eigenvalue weighted by atomic mass is 16.5. The molecule has 0 saturated carbocycles. The van der Waals surface area contributed by atoms with Gasteiger partial charge in [0, 0.05) is 6.42 Å². The molecule has 2 unspecified atom stereocenters. The third-order valence-electron chi connectivity index (χ3n) is 6.16. The Balaban J connectivity index is 0.000000484. The molecule has 7 heteroatoms. The van der Waals surface area contributed by atoms with Crippen LogP contribution in [0.3, 0.4) is 0 Å². The second-order valence-electron chi connectivity index (χ2n) is 9.25. The zero-order chi connectivity index (χ0) is 27.8. The van der Waals surface area contributed by atoms with Crippen LogP contribution in [0.4, 0.5) is 0 Å². The van der Waals surface area contributed by atoms with Crippen LogP contribution in [0, 0.1) is 11.8 Å². The summed E-state index contributed by atoms with van der Waals surface area (Å²) >= 11 is 0. The number of nitrogens with two attached hydrogens (primary N) is 1. The summed E-state index contributed by atoms with van der Waals surface area (Å²) < 4.78 is 5.92. The molecule has 0 fully saturated rings. The maximum Gasteiger partial charge on any atom is 0.304 e. The molecule has 0 radical (unpaired) electrons. The second-order valence-corrected chi connectivity index (χ2v) is 9.25. The van der Waals surface area contributed by atoms with E-state index in [1.54, 1.807) is 6.92 Å². The number of aliphatic carboxylic acids is 2. The minimum Gasteiger partial charge on any atom is -0.489 e. The molecule has 2 aromatic carbocycles. The molecular formula is C31H39NO6. The highest BCUT2D eigenvalue weighted by Crippen LogP contribution is 2.28. The lowest BCUT2D eigenvalue weighted by molar-refractivity contribution is -0.138. The van der Waals surface area contributed by atoms with Crippen LogP contribution in [0.15, 0.2) is 54.6 Å². The van der Waals surface area contributed by atoms with E-state index in [1.165, 1.54) is 11.1 Å². The van der Waals surface area contributed by atoms with Gasteiger partial charge in [-0.3, -0.25) is 9.59 Å². The van der Waals surface area contributed by atoms with Crippen molar-refractivity contribution in [2.45, 2.75) is 76.9 Å². The molecule has 1 aliphatic rings. The number of unbranched alkanes of at least 4 members (excludes halogenated alkanes) is 2. The summed E-state index contributed by atoms with van der Waals surface area (Å²) in [5.74, 6) is 4.60. The zero-order valence-electron chi connectivity index (χ0n) is 22.1. The van der Waals surface area contributed by atoms with Crippen molar-refractivity contribution in [2.75, 3.05) is 6.54 Å². The third-order valence-corrected chi connectivity index (χ3v) is 6.16. The lowest BCUT2D eigenvalue weighted by atomic mass is 9.91. The molecule has 7 nitrogen and oxygen atoms in total. The van der Waals surface area contributed by atoms with Gasteiger partial charge in [-0.15, -0.1) is 5.92 Å². The molecule has 204 valence electrons. The number of carboxylic acid groups (broad SMARTS) is 2. The summed E-state index contributed by atoms with van der Waals surface area (Å²) in [5.41, 5.74) is 9.62. The average molecular weight is 522 g/mol. The molecule has 2 aromatic rings. The van der Waals surface area contributed by atoms with E-state index in [0.717, 1.165) is 49.0 Å². The smallest absolute Gasteiger partial charge is 0.304 e. The summed E-state index contributed by atoms with van der Waals surface area (Å²) in [6.07, 6.45) is 7.22. The van der Waals surface area contributed by atoms with Gasteiger partial charge in [-0.05, 0) is 86.0 Å². The van der Waals surface area contributed by atoms with E-state index in [-0.39, 0.29) is 24.9 Å². The fourth-order valence-corrected chi connectivity index (χ4v) is 4.10. The van der Waals surface area contributed by atoms with Gasteiger partial charge in [0.15, 0.2) is 0 Å². The summed E-state index contributed by atoms with van der Waals surface area (Å²) in [6.45, 7) is 2.84. The Bertz CT molecular complexity index is 1110. The van der Waals surface area contributed by atoms with Crippen LogP contribution in [-0.4, -0.2) is 39.9 Å². The number of rotatable bonds is 12. The number of allylic oxidation sites excluding steroid dienone is 1. The molecule has 1 aliphatic carbocycles. The van der Waals surface area contributed by atoms with Crippen LogP contribution in [0.5, 0.6) is 5.75 Å². The zero-order valence-corrected chi connectivity index (χ0v) is 22.1.